The lowest BCUT2D eigenvalue weighted by atomic mass is 10.1. The monoisotopic (exact) mass is 504 g/mol. The van der Waals surface area contributed by atoms with Crippen molar-refractivity contribution in [2.75, 3.05) is 18.6 Å². The molecular formula is C30H24N4O4. The molecule has 188 valence electrons. The molecule has 2 aromatic carbocycles. The van der Waals surface area contributed by atoms with Crippen LogP contribution in [0.1, 0.15) is 27.4 Å². The van der Waals surface area contributed by atoms with Crippen LogP contribution in [0.4, 0.5) is 5.69 Å². The Morgan fingerprint density at radius 3 is 2.68 bits per heavy atom. The lowest BCUT2D eigenvalue weighted by molar-refractivity contribution is -0.120. The molecule has 1 aliphatic rings. The number of anilines is 1. The summed E-state index contributed by atoms with van der Waals surface area (Å²) in [5.41, 5.74) is 2.94. The number of para-hydroxylation sites is 1. The Hall–Kier alpha value is -5.16. The lowest BCUT2D eigenvalue weighted by Crippen LogP contribution is -2.49. The van der Waals surface area contributed by atoms with E-state index in [9.17, 15) is 9.59 Å². The zero-order valence-corrected chi connectivity index (χ0v) is 20.8. The van der Waals surface area contributed by atoms with Crippen molar-refractivity contribution in [2.24, 2.45) is 0 Å². The fourth-order valence-electron chi connectivity index (χ4n) is 3.88. The highest BCUT2D eigenvalue weighted by molar-refractivity contribution is 6.03. The number of ether oxygens (including phenoxy) is 2. The number of amides is 2. The highest BCUT2D eigenvalue weighted by Crippen LogP contribution is 2.31. The number of likely N-dealkylation sites (N-methyl/N-ethyl adjacent to an activating group) is 1. The lowest BCUT2D eigenvalue weighted by Gasteiger charge is -2.20. The minimum atomic E-state index is -0.911. The molecule has 0 spiro atoms. The topological polar surface area (TPSA) is 93.7 Å². The van der Waals surface area contributed by atoms with Crippen LogP contribution >= 0.6 is 0 Å². The summed E-state index contributed by atoms with van der Waals surface area (Å²) in [6.45, 7) is 1.88. The van der Waals surface area contributed by atoms with Crippen molar-refractivity contribution in [3.05, 3.63) is 108 Å². The predicted molar refractivity (Wildman–Crippen MR) is 142 cm³/mol. The van der Waals surface area contributed by atoms with Crippen molar-refractivity contribution in [1.82, 2.24) is 15.3 Å². The van der Waals surface area contributed by atoms with Crippen molar-refractivity contribution in [2.45, 2.75) is 13.0 Å². The molecule has 8 heteroatoms. The Balaban J connectivity index is 1.30. The minimum Gasteiger partial charge on any atom is -0.489 e. The van der Waals surface area contributed by atoms with Gasteiger partial charge in [0.15, 0.2) is 0 Å². The molecule has 2 amide bonds. The highest BCUT2D eigenvalue weighted by Gasteiger charge is 2.31. The number of rotatable bonds is 4. The number of carbonyl (C=O) groups excluding carboxylic acids is 2. The molecule has 0 saturated heterocycles. The van der Waals surface area contributed by atoms with Crippen LogP contribution in [0.25, 0.3) is 0 Å². The molecule has 4 aromatic rings. The van der Waals surface area contributed by atoms with Gasteiger partial charge >= 0.3 is 0 Å². The third-order valence-electron chi connectivity index (χ3n) is 5.83. The van der Waals surface area contributed by atoms with E-state index in [0.29, 0.717) is 34.2 Å². The number of aryl methyl sites for hydroxylation is 1. The van der Waals surface area contributed by atoms with Crippen LogP contribution in [0.15, 0.2) is 85.1 Å². The van der Waals surface area contributed by atoms with E-state index in [2.05, 4.69) is 27.1 Å². The number of nitrogens with zero attached hydrogens (tertiary/aromatic N) is 3. The van der Waals surface area contributed by atoms with Gasteiger partial charge in [0.25, 0.3) is 11.8 Å². The van der Waals surface area contributed by atoms with E-state index in [1.807, 2.05) is 61.5 Å². The second kappa shape index (κ2) is 10.8. The Morgan fingerprint density at radius 1 is 1.03 bits per heavy atom. The molecule has 0 bridgehead atoms. The first-order valence-electron chi connectivity index (χ1n) is 12.0. The van der Waals surface area contributed by atoms with Crippen LogP contribution in [0, 0.1) is 18.8 Å². The van der Waals surface area contributed by atoms with Crippen LogP contribution in [0.2, 0.25) is 0 Å². The predicted octanol–water partition coefficient (Wildman–Crippen LogP) is 4.13. The maximum atomic E-state index is 13.3. The van der Waals surface area contributed by atoms with Gasteiger partial charge in [-0.2, -0.15) is 0 Å². The largest absolute Gasteiger partial charge is 0.489 e. The van der Waals surface area contributed by atoms with E-state index in [1.54, 1.807) is 25.2 Å². The average Bonchev–Trinajstić information content (AvgIpc) is 3.04. The van der Waals surface area contributed by atoms with E-state index < -0.39 is 11.9 Å². The van der Waals surface area contributed by atoms with Crippen molar-refractivity contribution < 1.29 is 19.1 Å². The SMILES string of the molecule is Cc1cccc(C#Cc2ccc3c(c2)N(C)C(=O)C(NC(=O)c2cc(Oc4ccccc4)ccn2)CO3)n1. The number of pyridine rings is 2. The van der Waals surface area contributed by atoms with E-state index in [4.69, 9.17) is 9.47 Å². The molecule has 1 atom stereocenters. The third kappa shape index (κ3) is 5.63. The van der Waals surface area contributed by atoms with Crippen LogP contribution in [-0.4, -0.2) is 41.5 Å². The molecule has 8 nitrogen and oxygen atoms in total. The first kappa shape index (κ1) is 24.5. The Bertz CT molecular complexity index is 1560. The summed E-state index contributed by atoms with van der Waals surface area (Å²) in [7, 11) is 1.64. The molecule has 0 radical (unpaired) electrons. The molecule has 2 aromatic heterocycles. The van der Waals surface area contributed by atoms with Crippen LogP contribution in [0.3, 0.4) is 0 Å². The van der Waals surface area contributed by atoms with Crippen LogP contribution < -0.4 is 19.7 Å². The number of hydrogen-bond acceptors (Lipinski definition) is 6. The molecule has 38 heavy (non-hydrogen) atoms. The summed E-state index contributed by atoms with van der Waals surface area (Å²) < 4.78 is 11.7. The van der Waals surface area contributed by atoms with Gasteiger partial charge in [0.1, 0.15) is 41.3 Å². The zero-order valence-electron chi connectivity index (χ0n) is 20.8. The molecule has 0 aliphatic carbocycles. The van der Waals surface area contributed by atoms with Gasteiger partial charge in [0.05, 0.1) is 5.69 Å². The fraction of sp³-hybridized carbons (Fsp3) is 0.133. The molecular weight excluding hydrogens is 480 g/mol. The quantitative estimate of drug-likeness (QED) is 0.420. The summed E-state index contributed by atoms with van der Waals surface area (Å²) in [6, 6.07) is 22.5. The molecule has 0 saturated carbocycles. The second-order valence-electron chi connectivity index (χ2n) is 8.62. The first-order chi connectivity index (χ1) is 18.5. The molecule has 1 aliphatic heterocycles. The molecule has 1 N–H and O–H groups in total. The molecule has 0 fully saturated rings. The highest BCUT2D eigenvalue weighted by atomic mass is 16.5. The van der Waals surface area contributed by atoms with Crippen molar-refractivity contribution in [3.63, 3.8) is 0 Å². The van der Waals surface area contributed by atoms with Gasteiger partial charge in [-0.05, 0) is 61.4 Å². The van der Waals surface area contributed by atoms with Gasteiger partial charge in [-0.15, -0.1) is 0 Å². The van der Waals surface area contributed by atoms with Crippen molar-refractivity contribution in [1.29, 1.82) is 0 Å². The number of fused-ring (bicyclic) bond motifs is 1. The van der Waals surface area contributed by atoms with Gasteiger partial charge in [0.2, 0.25) is 0 Å². The first-order valence-corrected chi connectivity index (χ1v) is 12.0. The summed E-state index contributed by atoms with van der Waals surface area (Å²) in [4.78, 5) is 36.2. The molecule has 3 heterocycles. The fourth-order valence-corrected chi connectivity index (χ4v) is 3.88. The summed E-state index contributed by atoms with van der Waals surface area (Å²) in [5, 5.41) is 2.74. The number of nitrogens with one attached hydrogen (secondary N) is 1. The smallest absolute Gasteiger partial charge is 0.270 e. The zero-order chi connectivity index (χ0) is 26.5. The average molecular weight is 505 g/mol. The Kier molecular flexibility index (Phi) is 7.00. The third-order valence-corrected chi connectivity index (χ3v) is 5.83. The van der Waals surface area contributed by atoms with E-state index in [-0.39, 0.29) is 18.2 Å². The summed E-state index contributed by atoms with van der Waals surface area (Å²) >= 11 is 0. The minimum absolute atomic E-state index is 0.0274. The Labute approximate surface area is 220 Å². The van der Waals surface area contributed by atoms with E-state index in [0.717, 1.165) is 5.69 Å². The van der Waals surface area contributed by atoms with Gasteiger partial charge < -0.3 is 19.7 Å². The molecule has 1 unspecified atom stereocenters. The number of carbonyl (C=O) groups is 2. The maximum Gasteiger partial charge on any atom is 0.270 e. The Morgan fingerprint density at radius 2 is 1.87 bits per heavy atom. The number of aromatic nitrogens is 2. The van der Waals surface area contributed by atoms with Gasteiger partial charge in [-0.25, -0.2) is 4.98 Å². The van der Waals surface area contributed by atoms with Gasteiger partial charge in [-0.1, -0.05) is 30.2 Å². The van der Waals surface area contributed by atoms with Crippen molar-refractivity contribution >= 4 is 17.5 Å². The van der Waals surface area contributed by atoms with Gasteiger partial charge in [0, 0.05) is 30.6 Å². The standard InChI is InChI=1S/C30H24N4O4/c1-20-7-6-8-22(32-20)13-11-21-12-14-28-27(17-21)34(2)30(36)26(19-37-28)33-29(35)25-18-24(15-16-31-25)38-23-9-4-3-5-10-23/h3-10,12,14-18,26H,19H2,1-2H3,(H,33,35). The second-order valence-corrected chi connectivity index (χ2v) is 8.62. The summed E-state index contributed by atoms with van der Waals surface area (Å²) in [5.74, 6) is 6.91. The number of benzene rings is 2. The van der Waals surface area contributed by atoms with E-state index in [1.165, 1.54) is 17.2 Å². The normalized spacial score (nSPS) is 14.3. The van der Waals surface area contributed by atoms with Gasteiger partial charge in [-0.3, -0.25) is 14.6 Å². The van der Waals surface area contributed by atoms with Crippen LogP contribution in [-0.2, 0) is 4.79 Å². The molecule has 5 rings (SSSR count). The van der Waals surface area contributed by atoms with E-state index >= 15 is 0 Å². The van der Waals surface area contributed by atoms with Crippen molar-refractivity contribution in [3.8, 4) is 29.1 Å². The summed E-state index contributed by atoms with van der Waals surface area (Å²) in [6.07, 6.45) is 1.48. The maximum absolute atomic E-state index is 13.3. The van der Waals surface area contributed by atoms with Crippen LogP contribution in [0.5, 0.6) is 17.2 Å². The number of hydrogen-bond donors (Lipinski definition) is 1.